The van der Waals surface area contributed by atoms with E-state index in [0.717, 1.165) is 22.3 Å². The molecule has 1 saturated heterocycles. The molecule has 0 atom stereocenters. The van der Waals surface area contributed by atoms with Gasteiger partial charge >= 0.3 is 6.09 Å². The van der Waals surface area contributed by atoms with Gasteiger partial charge in [0.15, 0.2) is 5.82 Å². The van der Waals surface area contributed by atoms with Gasteiger partial charge in [-0.1, -0.05) is 30.0 Å². The fourth-order valence-corrected chi connectivity index (χ4v) is 3.37. The van der Waals surface area contributed by atoms with E-state index in [1.165, 1.54) is 4.90 Å². The summed E-state index contributed by atoms with van der Waals surface area (Å²) in [4.78, 5) is 23.4. The average Bonchev–Trinajstić information content (AvgIpc) is 2.66. The van der Waals surface area contributed by atoms with Crippen molar-refractivity contribution >= 4 is 23.7 Å². The predicted molar refractivity (Wildman–Crippen MR) is 96.5 cm³/mol. The summed E-state index contributed by atoms with van der Waals surface area (Å²) < 4.78 is 5.70. The van der Waals surface area contributed by atoms with Crippen LogP contribution in [0.15, 0.2) is 47.8 Å². The largest absolute Gasteiger partial charge is 0.493 e. The number of nitrogens with zero attached hydrogens (tertiary/aromatic N) is 4. The molecule has 0 bridgehead atoms. The molecule has 0 aliphatic carbocycles. The van der Waals surface area contributed by atoms with E-state index in [1.54, 1.807) is 24.2 Å². The lowest BCUT2D eigenvalue weighted by Gasteiger charge is -2.34. The quantitative estimate of drug-likeness (QED) is 0.626. The molecule has 1 amide bonds. The van der Waals surface area contributed by atoms with Crippen LogP contribution >= 0.6 is 11.8 Å². The molecule has 3 rings (SSSR count). The minimum atomic E-state index is -0.869. The number of carboxylic acid groups (broad SMARTS) is 1. The minimum Gasteiger partial charge on any atom is -0.493 e. The Bertz CT molecular complexity index is 693. The summed E-state index contributed by atoms with van der Waals surface area (Å²) in [5.41, 5.74) is 0. The lowest BCUT2D eigenvalue weighted by atomic mass is 10.3. The second-order valence-corrected chi connectivity index (χ2v) is 6.54. The van der Waals surface area contributed by atoms with Crippen molar-refractivity contribution in [2.45, 2.75) is 5.03 Å². The van der Waals surface area contributed by atoms with E-state index >= 15 is 0 Å². The SMILES string of the molecule is O=C(O)N1CCN(c2nccnc2SCCOc2ccccc2)CC1. The fraction of sp³-hybridized carbons (Fsp3) is 0.353. The Labute approximate surface area is 150 Å². The third-order valence-corrected chi connectivity index (χ3v) is 4.76. The number of anilines is 1. The predicted octanol–water partition coefficient (Wildman–Crippen LogP) is 2.45. The van der Waals surface area contributed by atoms with Gasteiger partial charge in [-0.25, -0.2) is 14.8 Å². The highest BCUT2D eigenvalue weighted by Gasteiger charge is 2.23. The summed E-state index contributed by atoms with van der Waals surface area (Å²) in [5.74, 6) is 2.43. The molecule has 2 heterocycles. The highest BCUT2D eigenvalue weighted by molar-refractivity contribution is 7.99. The van der Waals surface area contributed by atoms with Crippen molar-refractivity contribution in [2.24, 2.45) is 0 Å². The second-order valence-electron chi connectivity index (χ2n) is 5.45. The van der Waals surface area contributed by atoms with Crippen LogP contribution in [0.1, 0.15) is 0 Å². The lowest BCUT2D eigenvalue weighted by Crippen LogP contribution is -2.48. The molecule has 2 aromatic rings. The highest BCUT2D eigenvalue weighted by atomic mass is 32.2. The van der Waals surface area contributed by atoms with Gasteiger partial charge in [0, 0.05) is 44.3 Å². The summed E-state index contributed by atoms with van der Waals surface area (Å²) in [5, 5.41) is 9.90. The van der Waals surface area contributed by atoms with E-state index in [-0.39, 0.29) is 0 Å². The first-order valence-corrected chi connectivity index (χ1v) is 9.07. The van der Waals surface area contributed by atoms with Gasteiger partial charge in [-0.15, -0.1) is 0 Å². The Hall–Kier alpha value is -2.48. The molecule has 1 aliphatic rings. The molecule has 0 saturated carbocycles. The minimum absolute atomic E-state index is 0.479. The zero-order valence-corrected chi connectivity index (χ0v) is 14.6. The van der Waals surface area contributed by atoms with Crippen LogP contribution < -0.4 is 9.64 Å². The van der Waals surface area contributed by atoms with Crippen LogP contribution in [0, 0.1) is 0 Å². The van der Waals surface area contributed by atoms with Crippen LogP contribution in [0.4, 0.5) is 10.6 Å². The Morgan fingerprint density at radius 2 is 1.84 bits per heavy atom. The first kappa shape index (κ1) is 17.3. The average molecular weight is 360 g/mol. The standard InChI is InChI=1S/C17H20N4O3S/c22-17(23)21-10-8-20(9-11-21)15-16(19-7-6-18-15)25-13-12-24-14-4-2-1-3-5-14/h1-7H,8-13H2,(H,22,23). The number of amides is 1. The molecule has 0 radical (unpaired) electrons. The third kappa shape index (κ3) is 4.76. The van der Waals surface area contributed by atoms with Gasteiger partial charge in [-0.3, -0.25) is 0 Å². The van der Waals surface area contributed by atoms with E-state index in [0.29, 0.717) is 32.8 Å². The van der Waals surface area contributed by atoms with Crippen molar-refractivity contribution < 1.29 is 14.6 Å². The van der Waals surface area contributed by atoms with E-state index in [9.17, 15) is 4.79 Å². The molecule has 8 heteroatoms. The van der Waals surface area contributed by atoms with Crippen LogP contribution in [0.2, 0.25) is 0 Å². The molecule has 1 fully saturated rings. The van der Waals surface area contributed by atoms with Crippen molar-refractivity contribution in [3.05, 3.63) is 42.7 Å². The smallest absolute Gasteiger partial charge is 0.407 e. The third-order valence-electron chi connectivity index (χ3n) is 3.83. The molecule has 132 valence electrons. The van der Waals surface area contributed by atoms with Crippen molar-refractivity contribution in [1.29, 1.82) is 0 Å². The first-order chi connectivity index (χ1) is 12.2. The van der Waals surface area contributed by atoms with Gasteiger partial charge in [-0.05, 0) is 12.1 Å². The Morgan fingerprint density at radius 3 is 2.56 bits per heavy atom. The van der Waals surface area contributed by atoms with Crippen LogP contribution in [-0.4, -0.2) is 64.6 Å². The number of para-hydroxylation sites is 1. The molecule has 1 aromatic carbocycles. The highest BCUT2D eigenvalue weighted by Crippen LogP contribution is 2.26. The number of benzene rings is 1. The van der Waals surface area contributed by atoms with Gasteiger partial charge in [-0.2, -0.15) is 0 Å². The zero-order valence-electron chi connectivity index (χ0n) is 13.7. The number of hydrogen-bond acceptors (Lipinski definition) is 6. The van der Waals surface area contributed by atoms with Crippen LogP contribution in [0.5, 0.6) is 5.75 Å². The van der Waals surface area contributed by atoms with E-state index in [1.807, 2.05) is 30.3 Å². The van der Waals surface area contributed by atoms with Crippen molar-refractivity contribution in [2.75, 3.05) is 43.4 Å². The van der Waals surface area contributed by atoms with Crippen LogP contribution in [0.25, 0.3) is 0 Å². The number of rotatable bonds is 6. The zero-order chi connectivity index (χ0) is 17.5. The summed E-state index contributed by atoms with van der Waals surface area (Å²) in [6.07, 6.45) is 2.48. The molecular formula is C17H20N4O3S. The van der Waals surface area contributed by atoms with Gasteiger partial charge in [0.05, 0.1) is 6.61 Å². The van der Waals surface area contributed by atoms with Crippen molar-refractivity contribution in [3.63, 3.8) is 0 Å². The first-order valence-electron chi connectivity index (χ1n) is 8.08. The Morgan fingerprint density at radius 1 is 1.12 bits per heavy atom. The maximum absolute atomic E-state index is 11.0. The number of aromatic nitrogens is 2. The summed E-state index contributed by atoms with van der Waals surface area (Å²) in [6.45, 7) is 2.79. The second kappa shape index (κ2) is 8.57. The van der Waals surface area contributed by atoms with Crippen molar-refractivity contribution in [3.8, 4) is 5.75 Å². The van der Waals surface area contributed by atoms with Crippen LogP contribution in [0.3, 0.4) is 0 Å². The topological polar surface area (TPSA) is 78.8 Å². The van der Waals surface area contributed by atoms with E-state index < -0.39 is 6.09 Å². The van der Waals surface area contributed by atoms with Gasteiger partial charge in [0.25, 0.3) is 0 Å². The van der Waals surface area contributed by atoms with Crippen LogP contribution in [-0.2, 0) is 0 Å². The molecule has 0 spiro atoms. The summed E-state index contributed by atoms with van der Waals surface area (Å²) in [7, 11) is 0. The number of ether oxygens (including phenoxy) is 1. The van der Waals surface area contributed by atoms with Gasteiger partial charge in [0.1, 0.15) is 10.8 Å². The van der Waals surface area contributed by atoms with Crippen molar-refractivity contribution in [1.82, 2.24) is 14.9 Å². The fourth-order valence-electron chi connectivity index (χ4n) is 2.56. The van der Waals surface area contributed by atoms with E-state index in [4.69, 9.17) is 9.84 Å². The number of carbonyl (C=O) groups is 1. The number of piperazine rings is 1. The maximum atomic E-state index is 11.0. The lowest BCUT2D eigenvalue weighted by molar-refractivity contribution is 0.142. The molecule has 7 nitrogen and oxygen atoms in total. The molecule has 1 aromatic heterocycles. The van der Waals surface area contributed by atoms with Gasteiger partial charge < -0.3 is 19.6 Å². The maximum Gasteiger partial charge on any atom is 0.407 e. The molecule has 25 heavy (non-hydrogen) atoms. The number of hydrogen-bond donors (Lipinski definition) is 1. The molecule has 0 unspecified atom stereocenters. The monoisotopic (exact) mass is 360 g/mol. The molecular weight excluding hydrogens is 340 g/mol. The summed E-state index contributed by atoms with van der Waals surface area (Å²) >= 11 is 1.60. The Balaban J connectivity index is 1.53. The molecule has 1 N–H and O–H groups in total. The van der Waals surface area contributed by atoms with Gasteiger partial charge in [0.2, 0.25) is 0 Å². The normalized spacial score (nSPS) is 14.4. The summed E-state index contributed by atoms with van der Waals surface area (Å²) in [6, 6.07) is 9.71. The number of thioether (sulfide) groups is 1. The molecule has 1 aliphatic heterocycles. The Kier molecular flexibility index (Phi) is 5.95. The van der Waals surface area contributed by atoms with E-state index in [2.05, 4.69) is 14.9 Å².